The standard InChI is InChI=1S/C16H25NO2/c1-4-8-19-14-9-13(10-17-11-14)16(18)7-5-6-15(2,3)12-16/h9-11,18H,4-8,12H2,1-3H3. The van der Waals surface area contributed by atoms with Crippen molar-refractivity contribution in [3.8, 4) is 5.75 Å². The van der Waals surface area contributed by atoms with Gasteiger partial charge in [0.2, 0.25) is 0 Å². The minimum absolute atomic E-state index is 0.188. The predicted molar refractivity (Wildman–Crippen MR) is 76.2 cm³/mol. The summed E-state index contributed by atoms with van der Waals surface area (Å²) in [6.45, 7) is 7.22. The van der Waals surface area contributed by atoms with Crippen molar-refractivity contribution >= 4 is 0 Å². The van der Waals surface area contributed by atoms with Crippen LogP contribution in [0.3, 0.4) is 0 Å². The van der Waals surface area contributed by atoms with Crippen molar-refractivity contribution < 1.29 is 9.84 Å². The van der Waals surface area contributed by atoms with E-state index in [-0.39, 0.29) is 5.41 Å². The third-order valence-corrected chi connectivity index (χ3v) is 3.94. The van der Waals surface area contributed by atoms with E-state index in [9.17, 15) is 5.11 Å². The van der Waals surface area contributed by atoms with Gasteiger partial charge < -0.3 is 9.84 Å². The second-order valence-corrected chi connectivity index (χ2v) is 6.48. The van der Waals surface area contributed by atoms with Crippen LogP contribution in [0, 0.1) is 5.41 Å². The van der Waals surface area contributed by atoms with Crippen molar-refractivity contribution in [1.29, 1.82) is 0 Å². The first-order chi connectivity index (χ1) is 8.95. The van der Waals surface area contributed by atoms with Gasteiger partial charge in [0, 0.05) is 11.8 Å². The van der Waals surface area contributed by atoms with E-state index in [0.717, 1.165) is 37.0 Å². The van der Waals surface area contributed by atoms with Crippen molar-refractivity contribution in [3.63, 3.8) is 0 Å². The van der Waals surface area contributed by atoms with Gasteiger partial charge in [-0.2, -0.15) is 0 Å². The van der Waals surface area contributed by atoms with Gasteiger partial charge in [0.05, 0.1) is 18.4 Å². The molecular weight excluding hydrogens is 238 g/mol. The van der Waals surface area contributed by atoms with Crippen molar-refractivity contribution in [1.82, 2.24) is 4.98 Å². The Kier molecular flexibility index (Phi) is 4.14. The maximum Gasteiger partial charge on any atom is 0.137 e. The maximum atomic E-state index is 10.9. The van der Waals surface area contributed by atoms with Crippen molar-refractivity contribution in [2.24, 2.45) is 5.41 Å². The smallest absolute Gasteiger partial charge is 0.137 e. The summed E-state index contributed by atoms with van der Waals surface area (Å²) < 4.78 is 5.61. The van der Waals surface area contributed by atoms with Crippen LogP contribution in [0.4, 0.5) is 0 Å². The molecule has 0 aliphatic heterocycles. The molecule has 0 amide bonds. The molecule has 1 aromatic heterocycles. The summed E-state index contributed by atoms with van der Waals surface area (Å²) in [5.41, 5.74) is 0.335. The highest BCUT2D eigenvalue weighted by atomic mass is 16.5. The van der Waals surface area contributed by atoms with E-state index in [1.165, 1.54) is 6.42 Å². The fourth-order valence-electron chi connectivity index (χ4n) is 3.05. The maximum absolute atomic E-state index is 10.9. The quantitative estimate of drug-likeness (QED) is 0.901. The second-order valence-electron chi connectivity index (χ2n) is 6.48. The SMILES string of the molecule is CCCOc1cncc(C2(O)CCCC(C)(C)C2)c1. The minimum Gasteiger partial charge on any atom is -0.492 e. The van der Waals surface area contributed by atoms with Gasteiger partial charge in [-0.05, 0) is 43.6 Å². The minimum atomic E-state index is -0.750. The van der Waals surface area contributed by atoms with Gasteiger partial charge in [-0.25, -0.2) is 0 Å². The zero-order valence-electron chi connectivity index (χ0n) is 12.3. The van der Waals surface area contributed by atoms with Gasteiger partial charge >= 0.3 is 0 Å². The first-order valence-electron chi connectivity index (χ1n) is 7.26. The lowest BCUT2D eigenvalue weighted by atomic mass is 9.68. The molecule has 1 unspecified atom stereocenters. The Morgan fingerprint density at radius 3 is 2.79 bits per heavy atom. The lowest BCUT2D eigenvalue weighted by Crippen LogP contribution is -2.36. The molecule has 1 N–H and O–H groups in total. The van der Waals surface area contributed by atoms with E-state index in [1.807, 2.05) is 6.07 Å². The molecule has 3 nitrogen and oxygen atoms in total. The Morgan fingerprint density at radius 2 is 2.11 bits per heavy atom. The number of hydrogen-bond donors (Lipinski definition) is 1. The van der Waals surface area contributed by atoms with Crippen LogP contribution in [0.25, 0.3) is 0 Å². The lowest BCUT2D eigenvalue weighted by Gasteiger charge is -2.41. The molecule has 0 bridgehead atoms. The molecule has 1 saturated carbocycles. The second kappa shape index (κ2) is 5.49. The average Bonchev–Trinajstić information content (AvgIpc) is 2.35. The highest BCUT2D eigenvalue weighted by Gasteiger charge is 2.40. The fraction of sp³-hybridized carbons (Fsp3) is 0.688. The number of ether oxygens (including phenoxy) is 1. The summed E-state index contributed by atoms with van der Waals surface area (Å²) in [6, 6.07) is 1.95. The van der Waals surface area contributed by atoms with Gasteiger partial charge in [0.15, 0.2) is 0 Å². The highest BCUT2D eigenvalue weighted by Crippen LogP contribution is 2.46. The fourth-order valence-corrected chi connectivity index (χ4v) is 3.05. The molecule has 1 aromatic rings. The normalized spacial score (nSPS) is 26.1. The average molecular weight is 263 g/mol. The monoisotopic (exact) mass is 263 g/mol. The van der Waals surface area contributed by atoms with Gasteiger partial charge in [-0.15, -0.1) is 0 Å². The van der Waals surface area contributed by atoms with Gasteiger partial charge in [0.25, 0.3) is 0 Å². The molecule has 0 radical (unpaired) electrons. The molecule has 0 saturated heterocycles. The molecule has 1 heterocycles. The molecule has 1 aliphatic carbocycles. The summed E-state index contributed by atoms with van der Waals surface area (Å²) in [4.78, 5) is 4.22. The van der Waals surface area contributed by atoms with Gasteiger partial charge in [-0.1, -0.05) is 20.8 Å². The zero-order chi connectivity index (χ0) is 13.9. The molecule has 1 atom stereocenters. The van der Waals surface area contributed by atoms with Crippen LogP contribution < -0.4 is 4.74 Å². The molecule has 106 valence electrons. The number of hydrogen-bond acceptors (Lipinski definition) is 3. The molecule has 1 fully saturated rings. The van der Waals surface area contributed by atoms with E-state index in [4.69, 9.17) is 4.74 Å². The number of aliphatic hydroxyl groups is 1. The zero-order valence-corrected chi connectivity index (χ0v) is 12.3. The molecule has 19 heavy (non-hydrogen) atoms. The summed E-state index contributed by atoms with van der Waals surface area (Å²) in [5.74, 6) is 0.760. The van der Waals surface area contributed by atoms with E-state index in [0.29, 0.717) is 6.61 Å². The Balaban J connectivity index is 2.20. The first-order valence-corrected chi connectivity index (χ1v) is 7.26. The van der Waals surface area contributed by atoms with E-state index >= 15 is 0 Å². The predicted octanol–water partition coefficient (Wildman–Crippen LogP) is 3.66. The summed E-state index contributed by atoms with van der Waals surface area (Å²) in [7, 11) is 0. The van der Waals surface area contributed by atoms with E-state index in [1.54, 1.807) is 12.4 Å². The molecular formula is C16H25NO2. The largest absolute Gasteiger partial charge is 0.492 e. The van der Waals surface area contributed by atoms with Crippen molar-refractivity contribution in [2.75, 3.05) is 6.61 Å². The van der Waals surface area contributed by atoms with E-state index in [2.05, 4.69) is 25.8 Å². The molecule has 2 rings (SSSR count). The molecule has 0 aromatic carbocycles. The summed E-state index contributed by atoms with van der Waals surface area (Å²) >= 11 is 0. The van der Waals surface area contributed by atoms with Gasteiger partial charge in [-0.3, -0.25) is 4.98 Å². The highest BCUT2D eigenvalue weighted by molar-refractivity contribution is 5.29. The van der Waals surface area contributed by atoms with Crippen LogP contribution in [0.15, 0.2) is 18.5 Å². The number of nitrogens with zero attached hydrogens (tertiary/aromatic N) is 1. The van der Waals surface area contributed by atoms with Crippen LogP contribution in [-0.4, -0.2) is 16.7 Å². The topological polar surface area (TPSA) is 42.4 Å². The Labute approximate surface area is 116 Å². The third-order valence-electron chi connectivity index (χ3n) is 3.94. The Bertz CT molecular complexity index is 431. The molecule has 1 aliphatic rings. The molecule has 0 spiro atoms. The first kappa shape index (κ1) is 14.3. The van der Waals surface area contributed by atoms with Crippen LogP contribution in [0.5, 0.6) is 5.75 Å². The number of rotatable bonds is 4. The lowest BCUT2D eigenvalue weighted by molar-refractivity contribution is -0.0444. The van der Waals surface area contributed by atoms with Crippen LogP contribution in [-0.2, 0) is 5.60 Å². The summed E-state index contributed by atoms with van der Waals surface area (Å²) in [6.07, 6.45) is 8.31. The Hall–Kier alpha value is -1.09. The van der Waals surface area contributed by atoms with E-state index < -0.39 is 5.60 Å². The van der Waals surface area contributed by atoms with Crippen molar-refractivity contribution in [2.45, 2.75) is 58.5 Å². The van der Waals surface area contributed by atoms with Crippen LogP contribution in [0.2, 0.25) is 0 Å². The number of pyridine rings is 1. The number of aromatic nitrogens is 1. The van der Waals surface area contributed by atoms with Crippen LogP contribution in [0.1, 0.15) is 58.4 Å². The molecule has 3 heteroatoms. The Morgan fingerprint density at radius 1 is 1.32 bits per heavy atom. The van der Waals surface area contributed by atoms with Crippen LogP contribution >= 0.6 is 0 Å². The third kappa shape index (κ3) is 3.47. The van der Waals surface area contributed by atoms with Crippen molar-refractivity contribution in [3.05, 3.63) is 24.0 Å². The summed E-state index contributed by atoms with van der Waals surface area (Å²) in [5, 5.41) is 10.9. The van der Waals surface area contributed by atoms with Gasteiger partial charge in [0.1, 0.15) is 5.75 Å².